The van der Waals surface area contributed by atoms with Gasteiger partial charge < -0.3 is 10.4 Å². The van der Waals surface area contributed by atoms with Gasteiger partial charge in [0.25, 0.3) is 17.3 Å². The molecule has 0 aliphatic rings. The number of hydrogen-bond acceptors (Lipinski definition) is 6. The Labute approximate surface area is 100 Å². The third-order valence-corrected chi connectivity index (χ3v) is 1.98. The van der Waals surface area contributed by atoms with Gasteiger partial charge in [0.1, 0.15) is 0 Å². The summed E-state index contributed by atoms with van der Waals surface area (Å²) in [5.74, 6) is -0.726. The lowest BCUT2D eigenvalue weighted by atomic mass is 10.1. The minimum atomic E-state index is -0.824. The van der Waals surface area contributed by atoms with Crippen molar-refractivity contribution in [3.05, 3.63) is 44.0 Å². The van der Waals surface area contributed by atoms with E-state index in [1.165, 1.54) is 0 Å². The Kier molecular flexibility index (Phi) is 4.27. The second-order valence-electron chi connectivity index (χ2n) is 3.23. The number of amides is 1. The van der Waals surface area contributed by atoms with Crippen LogP contribution in [-0.2, 0) is 0 Å². The van der Waals surface area contributed by atoms with Crippen LogP contribution < -0.4 is 5.32 Å². The van der Waals surface area contributed by atoms with Crippen LogP contribution in [0.3, 0.4) is 0 Å². The number of nitrogens with one attached hydrogen (secondary N) is 1. The molecule has 1 aromatic carbocycles. The molecule has 9 nitrogen and oxygen atoms in total. The van der Waals surface area contributed by atoms with E-state index in [-0.39, 0.29) is 18.7 Å². The van der Waals surface area contributed by atoms with Gasteiger partial charge >= 0.3 is 0 Å². The zero-order chi connectivity index (χ0) is 13.7. The van der Waals surface area contributed by atoms with Crippen molar-refractivity contribution in [2.24, 2.45) is 0 Å². The third kappa shape index (κ3) is 3.22. The topological polar surface area (TPSA) is 136 Å². The van der Waals surface area contributed by atoms with Crippen molar-refractivity contribution < 1.29 is 19.7 Å². The normalized spacial score (nSPS) is 9.83. The molecule has 0 unspecified atom stereocenters. The van der Waals surface area contributed by atoms with Gasteiger partial charge in [-0.25, -0.2) is 0 Å². The summed E-state index contributed by atoms with van der Waals surface area (Å²) >= 11 is 0. The van der Waals surface area contributed by atoms with Crippen LogP contribution in [0.1, 0.15) is 10.4 Å². The molecule has 96 valence electrons. The first kappa shape index (κ1) is 13.5. The SMILES string of the molecule is O=C(NCCO)c1cc([N+](=O)[O-])cc([N+](=O)[O-])c1. The summed E-state index contributed by atoms with van der Waals surface area (Å²) < 4.78 is 0. The number of aliphatic hydroxyl groups is 1. The molecule has 0 saturated heterocycles. The minimum absolute atomic E-state index is 0.0463. The Hall–Kier alpha value is -2.55. The molecule has 0 bridgehead atoms. The Bertz CT molecular complexity index is 469. The average Bonchev–Trinajstić information content (AvgIpc) is 2.35. The fourth-order valence-corrected chi connectivity index (χ4v) is 1.21. The summed E-state index contributed by atoms with van der Waals surface area (Å²) in [6.45, 7) is -0.349. The molecule has 0 heterocycles. The van der Waals surface area contributed by atoms with Gasteiger partial charge in [0.05, 0.1) is 28.1 Å². The van der Waals surface area contributed by atoms with Crippen LogP contribution in [0.25, 0.3) is 0 Å². The monoisotopic (exact) mass is 255 g/mol. The zero-order valence-electron chi connectivity index (χ0n) is 9.03. The van der Waals surface area contributed by atoms with Crippen LogP contribution in [0.5, 0.6) is 0 Å². The van der Waals surface area contributed by atoms with Crippen LogP contribution in [0.15, 0.2) is 18.2 Å². The van der Waals surface area contributed by atoms with Crippen molar-refractivity contribution in [2.75, 3.05) is 13.2 Å². The van der Waals surface area contributed by atoms with E-state index >= 15 is 0 Å². The van der Waals surface area contributed by atoms with E-state index in [1.54, 1.807) is 0 Å². The van der Waals surface area contributed by atoms with Gasteiger partial charge in [0, 0.05) is 18.7 Å². The van der Waals surface area contributed by atoms with Crippen LogP contribution in [0, 0.1) is 20.2 Å². The lowest BCUT2D eigenvalue weighted by Crippen LogP contribution is -2.26. The molecule has 0 atom stereocenters. The van der Waals surface area contributed by atoms with Gasteiger partial charge in [-0.05, 0) is 0 Å². The maximum atomic E-state index is 11.5. The Morgan fingerprint density at radius 3 is 2.06 bits per heavy atom. The lowest BCUT2D eigenvalue weighted by Gasteiger charge is -2.03. The van der Waals surface area contributed by atoms with Crippen LogP contribution in [0.4, 0.5) is 11.4 Å². The number of nitro benzene ring substituents is 2. The van der Waals surface area contributed by atoms with E-state index in [9.17, 15) is 25.0 Å². The molecule has 0 aromatic heterocycles. The van der Waals surface area contributed by atoms with Gasteiger partial charge in [-0.2, -0.15) is 0 Å². The van der Waals surface area contributed by atoms with Crippen molar-refractivity contribution in [3.8, 4) is 0 Å². The third-order valence-electron chi connectivity index (χ3n) is 1.98. The van der Waals surface area contributed by atoms with Crippen LogP contribution in [0.2, 0.25) is 0 Å². The van der Waals surface area contributed by atoms with Crippen molar-refractivity contribution >= 4 is 17.3 Å². The van der Waals surface area contributed by atoms with Gasteiger partial charge in [-0.1, -0.05) is 0 Å². The molecule has 0 fully saturated rings. The van der Waals surface area contributed by atoms with Crippen LogP contribution in [-0.4, -0.2) is 34.0 Å². The maximum absolute atomic E-state index is 11.5. The quantitative estimate of drug-likeness (QED) is 0.570. The molecular weight excluding hydrogens is 246 g/mol. The lowest BCUT2D eigenvalue weighted by molar-refractivity contribution is -0.394. The summed E-state index contributed by atoms with van der Waals surface area (Å²) in [5.41, 5.74) is -1.29. The number of benzene rings is 1. The van der Waals surface area contributed by atoms with Crippen molar-refractivity contribution in [1.82, 2.24) is 5.32 Å². The second kappa shape index (κ2) is 5.68. The van der Waals surface area contributed by atoms with Gasteiger partial charge in [-0.15, -0.1) is 0 Å². The predicted octanol–water partition coefficient (Wildman–Crippen LogP) is 0.225. The van der Waals surface area contributed by atoms with Crippen molar-refractivity contribution in [3.63, 3.8) is 0 Å². The second-order valence-corrected chi connectivity index (χ2v) is 3.23. The highest BCUT2D eigenvalue weighted by atomic mass is 16.6. The molecule has 0 aliphatic carbocycles. The Balaban J connectivity index is 3.14. The number of hydrogen-bond donors (Lipinski definition) is 2. The molecule has 2 N–H and O–H groups in total. The molecule has 1 amide bonds. The molecular formula is C9H9N3O6. The number of aliphatic hydroxyl groups excluding tert-OH is 1. The number of nitro groups is 2. The highest BCUT2D eigenvalue weighted by molar-refractivity contribution is 5.95. The van der Waals surface area contributed by atoms with Gasteiger partial charge in [0.15, 0.2) is 0 Å². The summed E-state index contributed by atoms with van der Waals surface area (Å²) in [6.07, 6.45) is 0. The van der Waals surface area contributed by atoms with E-state index in [4.69, 9.17) is 5.11 Å². The van der Waals surface area contributed by atoms with Gasteiger partial charge in [-0.3, -0.25) is 25.0 Å². The first-order valence-corrected chi connectivity index (χ1v) is 4.78. The first-order chi connectivity index (χ1) is 8.45. The largest absolute Gasteiger partial charge is 0.395 e. The van der Waals surface area contributed by atoms with Gasteiger partial charge in [0.2, 0.25) is 0 Å². The van der Waals surface area contributed by atoms with E-state index in [2.05, 4.69) is 5.32 Å². The van der Waals surface area contributed by atoms with Crippen molar-refractivity contribution in [1.29, 1.82) is 0 Å². The predicted molar refractivity (Wildman–Crippen MR) is 59.2 cm³/mol. The molecule has 0 radical (unpaired) electrons. The average molecular weight is 255 g/mol. The summed E-state index contributed by atoms with van der Waals surface area (Å²) in [4.78, 5) is 31.0. The molecule has 9 heteroatoms. The molecule has 18 heavy (non-hydrogen) atoms. The number of carbonyl (C=O) groups excluding carboxylic acids is 1. The minimum Gasteiger partial charge on any atom is -0.395 e. The van der Waals surface area contributed by atoms with E-state index in [0.29, 0.717) is 0 Å². The number of carbonyl (C=O) groups is 1. The van der Waals surface area contributed by atoms with E-state index < -0.39 is 27.1 Å². The van der Waals surface area contributed by atoms with Crippen LogP contribution >= 0.6 is 0 Å². The summed E-state index contributed by atoms with van der Waals surface area (Å²) in [5, 5.41) is 31.9. The standard InChI is InChI=1S/C9H9N3O6/c13-2-1-10-9(14)6-3-7(11(15)16)5-8(4-6)12(17)18/h3-5,13H,1-2H2,(H,10,14). The fraction of sp³-hybridized carbons (Fsp3) is 0.222. The molecule has 1 aromatic rings. The highest BCUT2D eigenvalue weighted by Crippen LogP contribution is 2.22. The van der Waals surface area contributed by atoms with E-state index in [0.717, 1.165) is 18.2 Å². The molecule has 0 saturated carbocycles. The first-order valence-electron chi connectivity index (χ1n) is 4.78. The zero-order valence-corrected chi connectivity index (χ0v) is 9.03. The Morgan fingerprint density at radius 2 is 1.67 bits per heavy atom. The smallest absolute Gasteiger partial charge is 0.277 e. The molecule has 0 aliphatic heterocycles. The summed E-state index contributed by atoms with van der Waals surface area (Å²) in [6, 6.07) is 2.63. The molecule has 0 spiro atoms. The van der Waals surface area contributed by atoms with E-state index in [1.807, 2.05) is 0 Å². The number of rotatable bonds is 5. The highest BCUT2D eigenvalue weighted by Gasteiger charge is 2.19. The summed E-state index contributed by atoms with van der Waals surface area (Å²) in [7, 11) is 0. The Morgan fingerprint density at radius 1 is 1.17 bits per heavy atom. The maximum Gasteiger partial charge on any atom is 0.277 e. The number of non-ortho nitro benzene ring substituents is 2. The molecule has 1 rings (SSSR count). The number of nitrogens with zero attached hydrogens (tertiary/aromatic N) is 2. The fourth-order valence-electron chi connectivity index (χ4n) is 1.21. The van der Waals surface area contributed by atoms with Crippen molar-refractivity contribution in [2.45, 2.75) is 0 Å².